The first-order chi connectivity index (χ1) is 30.2. The van der Waals surface area contributed by atoms with Crippen molar-refractivity contribution in [2.24, 2.45) is 15.0 Å². The summed E-state index contributed by atoms with van der Waals surface area (Å²) in [6.07, 6.45) is 0. The maximum atomic E-state index is 5.40. The van der Waals surface area contributed by atoms with Gasteiger partial charge in [-0.15, -0.1) is 0 Å². The van der Waals surface area contributed by atoms with E-state index >= 15 is 0 Å². The molecular weight excluding hydrogens is 743 g/mol. The van der Waals surface area contributed by atoms with E-state index in [0.29, 0.717) is 11.7 Å². The minimum absolute atomic E-state index is 0.500. The second kappa shape index (κ2) is 16.2. The third-order valence-corrected chi connectivity index (χ3v) is 11.4. The predicted molar refractivity (Wildman–Crippen MR) is 259 cm³/mol. The molecule has 290 valence electrons. The van der Waals surface area contributed by atoms with Gasteiger partial charge in [0.25, 0.3) is 0 Å². The van der Waals surface area contributed by atoms with Crippen LogP contribution >= 0.6 is 0 Å². The minimum atomic E-state index is 0.500. The molecule has 0 spiro atoms. The highest BCUT2D eigenvalue weighted by Crippen LogP contribution is 2.41. The smallest absolute Gasteiger partial charge is 0.162 e. The number of benzene rings is 9. The van der Waals surface area contributed by atoms with Crippen LogP contribution in [0.3, 0.4) is 0 Å². The van der Waals surface area contributed by atoms with Gasteiger partial charge in [-0.05, 0) is 76.1 Å². The van der Waals surface area contributed by atoms with Gasteiger partial charge < -0.3 is 9.88 Å². The Labute approximate surface area is 355 Å². The molecule has 0 aliphatic heterocycles. The summed E-state index contributed by atoms with van der Waals surface area (Å²) in [4.78, 5) is 14.8. The quantitative estimate of drug-likeness (QED) is 0.121. The molecule has 0 saturated heterocycles. The normalized spacial score (nSPS) is 12.0. The molecule has 1 N–H and O–H groups in total. The van der Waals surface area contributed by atoms with Gasteiger partial charge in [-0.1, -0.05) is 176 Å². The zero-order valence-corrected chi connectivity index (χ0v) is 33.7. The molecule has 0 saturated carbocycles. The summed E-state index contributed by atoms with van der Waals surface area (Å²) in [5, 5.41) is 8.28. The number of hydrogen-bond acceptors (Lipinski definition) is 2. The maximum absolute atomic E-state index is 5.40. The van der Waals surface area contributed by atoms with Gasteiger partial charge in [0.2, 0.25) is 0 Å². The maximum Gasteiger partial charge on any atom is 0.162 e. The molecule has 1 heterocycles. The van der Waals surface area contributed by atoms with Gasteiger partial charge in [0, 0.05) is 51.4 Å². The van der Waals surface area contributed by atoms with Crippen molar-refractivity contribution in [1.82, 2.24) is 4.57 Å². The molecule has 0 fully saturated rings. The SMILES string of the molecule is C=NC(=NC(=Nc1cc(-c2ccc3c4ccccc4n(-c4ccc(-c5cccc6ccccc56)cc4)c3c2)ccc1-c1ccccc1NC)c1ccccc1)c1ccccc1. The van der Waals surface area contributed by atoms with E-state index in [9.17, 15) is 0 Å². The first kappa shape index (κ1) is 37.1. The van der Waals surface area contributed by atoms with Gasteiger partial charge in [0.1, 0.15) is 0 Å². The van der Waals surface area contributed by atoms with E-state index in [1.54, 1.807) is 0 Å². The van der Waals surface area contributed by atoms with Crippen LogP contribution in [0.5, 0.6) is 0 Å². The van der Waals surface area contributed by atoms with Crippen molar-refractivity contribution in [1.29, 1.82) is 0 Å². The fourth-order valence-electron chi connectivity index (χ4n) is 8.40. The molecule has 10 aromatic rings. The lowest BCUT2D eigenvalue weighted by Gasteiger charge is -2.15. The molecule has 0 bridgehead atoms. The van der Waals surface area contributed by atoms with Gasteiger partial charge in [-0.25, -0.2) is 15.0 Å². The lowest BCUT2D eigenvalue weighted by atomic mass is 9.96. The summed E-state index contributed by atoms with van der Waals surface area (Å²) in [6, 6.07) is 74.3. The predicted octanol–water partition coefficient (Wildman–Crippen LogP) is 14.2. The average molecular weight is 784 g/mol. The molecule has 5 nitrogen and oxygen atoms in total. The summed E-state index contributed by atoms with van der Waals surface area (Å²) in [6.45, 7) is 3.89. The summed E-state index contributed by atoms with van der Waals surface area (Å²) in [5.74, 6) is 1.04. The summed E-state index contributed by atoms with van der Waals surface area (Å²) in [5.41, 5.74) is 13.5. The number of nitrogens with zero attached hydrogens (tertiary/aromatic N) is 4. The van der Waals surface area contributed by atoms with Crippen LogP contribution in [0.4, 0.5) is 11.4 Å². The van der Waals surface area contributed by atoms with Crippen LogP contribution in [-0.2, 0) is 0 Å². The molecule has 9 aromatic carbocycles. The lowest BCUT2D eigenvalue weighted by Crippen LogP contribution is -2.04. The van der Waals surface area contributed by atoms with Gasteiger partial charge in [-0.3, -0.25) is 0 Å². The number of fused-ring (bicyclic) bond motifs is 4. The number of aromatic nitrogens is 1. The van der Waals surface area contributed by atoms with Crippen molar-refractivity contribution < 1.29 is 0 Å². The summed E-state index contributed by atoms with van der Waals surface area (Å²) in [7, 11) is 1.95. The molecule has 1 aromatic heterocycles. The lowest BCUT2D eigenvalue weighted by molar-refractivity contribution is 1.18. The second-order valence-electron chi connectivity index (χ2n) is 14.9. The Bertz CT molecular complexity index is 3280. The molecule has 5 heteroatoms. The topological polar surface area (TPSA) is 54.0 Å². The molecule has 0 radical (unpaired) electrons. The third-order valence-electron chi connectivity index (χ3n) is 11.4. The first-order valence-corrected chi connectivity index (χ1v) is 20.4. The number of amidine groups is 2. The molecule has 0 atom stereocenters. The van der Waals surface area contributed by atoms with Crippen molar-refractivity contribution in [3.05, 3.63) is 223 Å². The van der Waals surface area contributed by atoms with E-state index in [-0.39, 0.29) is 0 Å². The molecule has 0 aliphatic rings. The Hall–Kier alpha value is -8.15. The van der Waals surface area contributed by atoms with Crippen LogP contribution in [0.1, 0.15) is 11.1 Å². The number of hydrogen-bond donors (Lipinski definition) is 1. The van der Waals surface area contributed by atoms with Crippen LogP contribution in [0.15, 0.2) is 227 Å². The Morgan fingerprint density at radius 2 is 1.05 bits per heavy atom. The van der Waals surface area contributed by atoms with Crippen LogP contribution in [0.25, 0.3) is 71.6 Å². The van der Waals surface area contributed by atoms with Crippen LogP contribution in [0, 0.1) is 0 Å². The van der Waals surface area contributed by atoms with E-state index in [4.69, 9.17) is 9.98 Å². The number of aliphatic imine (C=N–C) groups is 3. The Morgan fingerprint density at radius 3 is 1.82 bits per heavy atom. The van der Waals surface area contributed by atoms with Crippen molar-refractivity contribution in [2.45, 2.75) is 0 Å². The van der Waals surface area contributed by atoms with E-state index in [1.807, 2.05) is 73.8 Å². The van der Waals surface area contributed by atoms with Crippen molar-refractivity contribution in [3.8, 4) is 39.1 Å². The van der Waals surface area contributed by atoms with Crippen molar-refractivity contribution in [3.63, 3.8) is 0 Å². The van der Waals surface area contributed by atoms with Crippen LogP contribution in [0.2, 0.25) is 0 Å². The molecule has 0 amide bonds. The average Bonchev–Trinajstić information content (AvgIpc) is 3.67. The van der Waals surface area contributed by atoms with Gasteiger partial charge in [0.15, 0.2) is 11.7 Å². The van der Waals surface area contributed by atoms with Gasteiger partial charge in [0.05, 0.1) is 16.7 Å². The van der Waals surface area contributed by atoms with E-state index < -0.39 is 0 Å². The highest BCUT2D eigenvalue weighted by Gasteiger charge is 2.17. The fourth-order valence-corrected chi connectivity index (χ4v) is 8.40. The van der Waals surface area contributed by atoms with Crippen LogP contribution in [-0.4, -0.2) is 30.0 Å². The third kappa shape index (κ3) is 7.09. The van der Waals surface area contributed by atoms with Crippen LogP contribution < -0.4 is 5.32 Å². The van der Waals surface area contributed by atoms with Gasteiger partial charge in [-0.2, -0.15) is 0 Å². The monoisotopic (exact) mass is 783 g/mol. The van der Waals surface area contributed by atoms with Crippen molar-refractivity contribution in [2.75, 3.05) is 12.4 Å². The zero-order chi connectivity index (χ0) is 41.1. The van der Waals surface area contributed by atoms with E-state index in [1.165, 1.54) is 32.7 Å². The minimum Gasteiger partial charge on any atom is -0.388 e. The Morgan fingerprint density at radius 1 is 0.459 bits per heavy atom. The molecule has 0 aliphatic carbocycles. The number of nitrogens with one attached hydrogen (secondary N) is 1. The van der Waals surface area contributed by atoms with E-state index in [0.717, 1.165) is 61.5 Å². The molecular formula is C56H41N5. The number of rotatable bonds is 8. The highest BCUT2D eigenvalue weighted by atomic mass is 15.0. The Kier molecular flexibility index (Phi) is 9.89. The second-order valence-corrected chi connectivity index (χ2v) is 14.9. The molecule has 61 heavy (non-hydrogen) atoms. The van der Waals surface area contributed by atoms with Gasteiger partial charge >= 0.3 is 0 Å². The zero-order valence-electron chi connectivity index (χ0n) is 33.7. The summed E-state index contributed by atoms with van der Waals surface area (Å²) >= 11 is 0. The number of para-hydroxylation sites is 2. The molecule has 0 unspecified atom stereocenters. The van der Waals surface area contributed by atoms with E-state index in [2.05, 4.69) is 167 Å². The van der Waals surface area contributed by atoms with Crippen molar-refractivity contribution >= 4 is 62.3 Å². The largest absolute Gasteiger partial charge is 0.388 e. The highest BCUT2D eigenvalue weighted by molar-refractivity contribution is 6.14. The standard InChI is InChI=1S/C56H41N5/c1-57-51-26-13-11-23-47(51)48-34-30-42(36-52(48)59-56(41-19-7-4-8-20-41)60-55(58-2)40-17-5-3-6-18-40)43-31-35-50-49-24-12-14-27-53(49)61(54(50)37-43)44-32-28-39(29-33-44)46-25-15-21-38-16-9-10-22-45(38)46/h3-37,57H,2H2,1H3. The fraction of sp³-hybridized carbons (Fsp3) is 0.0179. The Balaban J connectivity index is 1.14. The number of anilines is 1. The summed E-state index contributed by atoms with van der Waals surface area (Å²) < 4.78 is 2.38. The first-order valence-electron chi connectivity index (χ1n) is 20.4. The molecule has 10 rings (SSSR count).